The Kier molecular flexibility index (Phi) is 7.19. The summed E-state index contributed by atoms with van der Waals surface area (Å²) in [6.07, 6.45) is 3.05. The van der Waals surface area contributed by atoms with Crippen LogP contribution in [-0.2, 0) is 4.79 Å². The molecule has 1 amide bonds. The highest BCUT2D eigenvalue weighted by Crippen LogP contribution is 2.22. The van der Waals surface area contributed by atoms with Crippen molar-refractivity contribution in [3.63, 3.8) is 0 Å². The van der Waals surface area contributed by atoms with E-state index in [4.69, 9.17) is 4.74 Å². The van der Waals surface area contributed by atoms with Crippen molar-refractivity contribution in [1.82, 2.24) is 10.6 Å². The molecule has 122 valence electrons. The van der Waals surface area contributed by atoms with Gasteiger partial charge in [-0.2, -0.15) is 0 Å². The number of benzene rings is 1. The van der Waals surface area contributed by atoms with E-state index in [1.807, 2.05) is 24.3 Å². The number of nitrogens with one attached hydrogen (secondary N) is 2. The summed E-state index contributed by atoms with van der Waals surface area (Å²) in [5.41, 5.74) is 0. The number of ether oxygens (including phenoxy) is 1. The first kappa shape index (κ1) is 17.3. The van der Waals surface area contributed by atoms with Crippen molar-refractivity contribution >= 4 is 21.8 Å². The van der Waals surface area contributed by atoms with Gasteiger partial charge in [-0.15, -0.1) is 0 Å². The number of carbonyl (C=O) groups excluding carboxylic acids is 1. The zero-order chi connectivity index (χ0) is 15.8. The van der Waals surface area contributed by atoms with Gasteiger partial charge in [-0.25, -0.2) is 0 Å². The summed E-state index contributed by atoms with van der Waals surface area (Å²) in [4.78, 5) is 12.0. The number of carbonyl (C=O) groups is 1. The molecule has 0 spiro atoms. The predicted octanol–water partition coefficient (Wildman–Crippen LogP) is 2.97. The second-order valence-corrected chi connectivity index (χ2v) is 6.86. The summed E-state index contributed by atoms with van der Waals surface area (Å²) in [5.74, 6) is 1.98. The smallest absolute Gasteiger partial charge is 0.220 e. The van der Waals surface area contributed by atoms with Crippen LogP contribution in [0.4, 0.5) is 0 Å². The monoisotopic (exact) mass is 368 g/mol. The maximum atomic E-state index is 12.0. The van der Waals surface area contributed by atoms with Crippen LogP contribution < -0.4 is 15.4 Å². The lowest BCUT2D eigenvalue weighted by atomic mass is 9.85. The molecule has 1 aliphatic heterocycles. The molecule has 0 aromatic heterocycles. The topological polar surface area (TPSA) is 50.4 Å². The van der Waals surface area contributed by atoms with E-state index in [1.165, 1.54) is 12.8 Å². The lowest BCUT2D eigenvalue weighted by Gasteiger charge is -2.28. The molecule has 1 aromatic rings. The van der Waals surface area contributed by atoms with E-state index in [0.29, 0.717) is 31.4 Å². The van der Waals surface area contributed by atoms with Crippen molar-refractivity contribution in [2.75, 3.05) is 26.2 Å². The third-order valence-corrected chi connectivity index (χ3v) is 4.63. The molecule has 2 rings (SSSR count). The molecular formula is C17H25BrN2O2. The second-order valence-electron chi connectivity index (χ2n) is 5.94. The average Bonchev–Trinajstić information content (AvgIpc) is 2.52. The van der Waals surface area contributed by atoms with Crippen LogP contribution in [0.2, 0.25) is 0 Å². The normalized spacial score (nSPS) is 19.5. The Morgan fingerprint density at radius 2 is 2.41 bits per heavy atom. The summed E-state index contributed by atoms with van der Waals surface area (Å²) in [5, 5.41) is 6.35. The lowest BCUT2D eigenvalue weighted by Crippen LogP contribution is -2.36. The number of hydrogen-bond acceptors (Lipinski definition) is 3. The first-order chi connectivity index (χ1) is 10.6. The Morgan fingerprint density at radius 3 is 3.14 bits per heavy atom. The van der Waals surface area contributed by atoms with Crippen LogP contribution in [-0.4, -0.2) is 32.1 Å². The highest BCUT2D eigenvalue weighted by atomic mass is 79.9. The average molecular weight is 369 g/mol. The molecule has 4 nitrogen and oxygen atoms in total. The fraction of sp³-hybridized carbons (Fsp3) is 0.588. The van der Waals surface area contributed by atoms with E-state index < -0.39 is 0 Å². The SMILES string of the molecule is CC(CC(=O)NCCOc1cccc(Br)c1)C1CCCNC1. The minimum absolute atomic E-state index is 0.121. The van der Waals surface area contributed by atoms with Gasteiger partial charge in [0.1, 0.15) is 12.4 Å². The molecule has 1 aliphatic rings. The van der Waals surface area contributed by atoms with Crippen molar-refractivity contribution in [2.24, 2.45) is 11.8 Å². The van der Waals surface area contributed by atoms with Gasteiger partial charge < -0.3 is 15.4 Å². The zero-order valence-electron chi connectivity index (χ0n) is 13.1. The first-order valence-corrected chi connectivity index (χ1v) is 8.80. The Balaban J connectivity index is 1.61. The standard InChI is InChI=1S/C17H25BrN2O2/c1-13(14-4-3-7-19-12-14)10-17(21)20-8-9-22-16-6-2-5-15(18)11-16/h2,5-6,11,13-14,19H,3-4,7-10,12H2,1H3,(H,20,21). The van der Waals surface area contributed by atoms with Crippen molar-refractivity contribution in [1.29, 1.82) is 0 Å². The molecule has 1 fully saturated rings. The zero-order valence-corrected chi connectivity index (χ0v) is 14.7. The third-order valence-electron chi connectivity index (χ3n) is 4.14. The van der Waals surface area contributed by atoms with E-state index in [2.05, 4.69) is 33.5 Å². The third kappa shape index (κ3) is 5.97. The Morgan fingerprint density at radius 1 is 1.55 bits per heavy atom. The highest BCUT2D eigenvalue weighted by molar-refractivity contribution is 9.10. The quantitative estimate of drug-likeness (QED) is 0.727. The molecule has 0 aliphatic carbocycles. The van der Waals surface area contributed by atoms with Crippen LogP contribution in [0.25, 0.3) is 0 Å². The summed E-state index contributed by atoms with van der Waals surface area (Å²) >= 11 is 3.40. The molecule has 1 aromatic carbocycles. The minimum Gasteiger partial charge on any atom is -0.492 e. The number of amides is 1. The summed E-state index contributed by atoms with van der Waals surface area (Å²) < 4.78 is 6.59. The molecule has 5 heteroatoms. The largest absolute Gasteiger partial charge is 0.492 e. The van der Waals surface area contributed by atoms with Gasteiger partial charge >= 0.3 is 0 Å². The maximum absolute atomic E-state index is 12.0. The molecule has 2 N–H and O–H groups in total. The first-order valence-electron chi connectivity index (χ1n) is 8.01. The highest BCUT2D eigenvalue weighted by Gasteiger charge is 2.21. The molecule has 1 saturated heterocycles. The van der Waals surface area contributed by atoms with Crippen LogP contribution in [0.3, 0.4) is 0 Å². The van der Waals surface area contributed by atoms with Crippen LogP contribution >= 0.6 is 15.9 Å². The molecule has 0 saturated carbocycles. The fourth-order valence-corrected chi connectivity index (χ4v) is 3.19. The van der Waals surface area contributed by atoms with Crippen LogP contribution in [0, 0.1) is 11.8 Å². The summed E-state index contributed by atoms with van der Waals surface area (Å²) in [6.45, 7) is 5.36. The van der Waals surface area contributed by atoms with Gasteiger partial charge in [-0.05, 0) is 56.0 Å². The molecule has 0 bridgehead atoms. The van der Waals surface area contributed by atoms with Crippen LogP contribution in [0.5, 0.6) is 5.75 Å². The summed E-state index contributed by atoms with van der Waals surface area (Å²) in [6, 6.07) is 7.71. The maximum Gasteiger partial charge on any atom is 0.220 e. The minimum atomic E-state index is 0.121. The van der Waals surface area contributed by atoms with Crippen molar-refractivity contribution in [3.05, 3.63) is 28.7 Å². The number of rotatable bonds is 7. The molecule has 2 atom stereocenters. The van der Waals surface area contributed by atoms with Gasteiger partial charge in [0.15, 0.2) is 0 Å². The fourth-order valence-electron chi connectivity index (χ4n) is 2.81. The number of halogens is 1. The number of hydrogen-bond donors (Lipinski definition) is 2. The molecular weight excluding hydrogens is 344 g/mol. The van der Waals surface area contributed by atoms with Gasteiger partial charge in [-0.3, -0.25) is 4.79 Å². The van der Waals surface area contributed by atoms with Gasteiger partial charge in [0.2, 0.25) is 5.91 Å². The summed E-state index contributed by atoms with van der Waals surface area (Å²) in [7, 11) is 0. The van der Waals surface area contributed by atoms with Crippen LogP contribution in [0.1, 0.15) is 26.2 Å². The van der Waals surface area contributed by atoms with Crippen LogP contribution in [0.15, 0.2) is 28.7 Å². The van der Waals surface area contributed by atoms with E-state index in [9.17, 15) is 4.79 Å². The van der Waals surface area contributed by atoms with Gasteiger partial charge in [0.05, 0.1) is 6.54 Å². The van der Waals surface area contributed by atoms with E-state index >= 15 is 0 Å². The van der Waals surface area contributed by atoms with Gasteiger partial charge in [-0.1, -0.05) is 28.9 Å². The van der Waals surface area contributed by atoms with E-state index in [-0.39, 0.29) is 5.91 Å². The molecule has 2 unspecified atom stereocenters. The Labute approximate surface area is 141 Å². The van der Waals surface area contributed by atoms with Crippen molar-refractivity contribution in [3.8, 4) is 5.75 Å². The Hall–Kier alpha value is -1.07. The van der Waals surface area contributed by atoms with Crippen molar-refractivity contribution < 1.29 is 9.53 Å². The second kappa shape index (κ2) is 9.16. The van der Waals surface area contributed by atoms with E-state index in [0.717, 1.165) is 23.3 Å². The molecule has 0 radical (unpaired) electrons. The van der Waals surface area contributed by atoms with E-state index in [1.54, 1.807) is 0 Å². The molecule has 22 heavy (non-hydrogen) atoms. The lowest BCUT2D eigenvalue weighted by molar-refractivity contribution is -0.122. The van der Waals surface area contributed by atoms with Gasteiger partial charge in [0, 0.05) is 10.9 Å². The molecule has 1 heterocycles. The van der Waals surface area contributed by atoms with Gasteiger partial charge in [0.25, 0.3) is 0 Å². The number of piperidine rings is 1. The Bertz CT molecular complexity index is 475. The van der Waals surface area contributed by atoms with Crippen molar-refractivity contribution in [2.45, 2.75) is 26.2 Å². The predicted molar refractivity (Wildman–Crippen MR) is 92.0 cm³/mol.